The van der Waals surface area contributed by atoms with E-state index in [-0.39, 0.29) is 18.1 Å². The van der Waals surface area contributed by atoms with Crippen molar-refractivity contribution in [2.75, 3.05) is 6.61 Å². The SMILES string of the molecule is CCOC(=O)C1(NC(C)C)CCC(n2nc(C)cc2C)C1. The molecule has 21 heavy (non-hydrogen) atoms. The second-order valence-electron chi connectivity index (χ2n) is 6.37. The standard InChI is InChI=1S/C16H27N3O2/c1-6-21-15(20)16(17-11(2)3)8-7-14(10-16)19-13(5)9-12(4)18-19/h9,11,14,17H,6-8,10H2,1-5H3. The number of rotatable bonds is 5. The average molecular weight is 293 g/mol. The van der Waals surface area contributed by atoms with Crippen molar-refractivity contribution in [3.05, 3.63) is 17.5 Å². The molecular weight excluding hydrogens is 266 g/mol. The number of nitrogens with one attached hydrogen (secondary N) is 1. The lowest BCUT2D eigenvalue weighted by atomic mass is 9.96. The molecule has 1 aliphatic rings. The predicted molar refractivity (Wildman–Crippen MR) is 82.2 cm³/mol. The summed E-state index contributed by atoms with van der Waals surface area (Å²) < 4.78 is 7.39. The molecule has 1 N–H and O–H groups in total. The van der Waals surface area contributed by atoms with Crippen LogP contribution in [0.1, 0.15) is 57.5 Å². The summed E-state index contributed by atoms with van der Waals surface area (Å²) in [5.41, 5.74) is 1.61. The van der Waals surface area contributed by atoms with Crippen LogP contribution in [0.3, 0.4) is 0 Å². The van der Waals surface area contributed by atoms with E-state index in [4.69, 9.17) is 4.74 Å². The molecule has 1 aromatic rings. The van der Waals surface area contributed by atoms with Crippen LogP contribution in [-0.2, 0) is 9.53 Å². The summed E-state index contributed by atoms with van der Waals surface area (Å²) in [7, 11) is 0. The van der Waals surface area contributed by atoms with Gasteiger partial charge in [0.1, 0.15) is 5.54 Å². The highest BCUT2D eigenvalue weighted by molar-refractivity contribution is 5.81. The number of carbonyl (C=O) groups excluding carboxylic acids is 1. The van der Waals surface area contributed by atoms with E-state index >= 15 is 0 Å². The summed E-state index contributed by atoms with van der Waals surface area (Å²) in [4.78, 5) is 12.5. The van der Waals surface area contributed by atoms with Gasteiger partial charge in [-0.25, -0.2) is 0 Å². The highest BCUT2D eigenvalue weighted by atomic mass is 16.5. The van der Waals surface area contributed by atoms with Gasteiger partial charge in [0.15, 0.2) is 0 Å². The molecule has 0 aromatic carbocycles. The maximum absolute atomic E-state index is 12.5. The molecule has 1 saturated carbocycles. The fourth-order valence-corrected chi connectivity index (χ4v) is 3.44. The van der Waals surface area contributed by atoms with Gasteiger partial charge in [0.2, 0.25) is 0 Å². The van der Waals surface area contributed by atoms with Crippen LogP contribution in [-0.4, -0.2) is 33.9 Å². The van der Waals surface area contributed by atoms with E-state index < -0.39 is 5.54 Å². The minimum atomic E-state index is -0.568. The van der Waals surface area contributed by atoms with Crippen LogP contribution < -0.4 is 5.32 Å². The zero-order valence-electron chi connectivity index (χ0n) is 13.8. The van der Waals surface area contributed by atoms with Gasteiger partial charge in [0.25, 0.3) is 0 Å². The van der Waals surface area contributed by atoms with Crippen LogP contribution in [0, 0.1) is 13.8 Å². The topological polar surface area (TPSA) is 56.1 Å². The van der Waals surface area contributed by atoms with Crippen molar-refractivity contribution in [3.63, 3.8) is 0 Å². The van der Waals surface area contributed by atoms with E-state index in [1.165, 1.54) is 0 Å². The molecule has 1 fully saturated rings. The molecule has 2 unspecified atom stereocenters. The van der Waals surface area contributed by atoms with Crippen LogP contribution in [0.4, 0.5) is 0 Å². The van der Waals surface area contributed by atoms with E-state index in [1.54, 1.807) is 0 Å². The Morgan fingerprint density at radius 2 is 2.29 bits per heavy atom. The number of hydrogen-bond acceptors (Lipinski definition) is 4. The molecule has 0 bridgehead atoms. The van der Waals surface area contributed by atoms with Gasteiger partial charge in [-0.2, -0.15) is 5.10 Å². The minimum absolute atomic E-state index is 0.122. The minimum Gasteiger partial charge on any atom is -0.465 e. The molecule has 2 atom stereocenters. The van der Waals surface area contributed by atoms with Crippen LogP contribution in [0.5, 0.6) is 0 Å². The molecule has 0 radical (unpaired) electrons. The number of aromatic nitrogens is 2. The first-order chi connectivity index (χ1) is 9.88. The normalized spacial score (nSPS) is 25.5. The van der Waals surface area contributed by atoms with Gasteiger partial charge in [-0.1, -0.05) is 0 Å². The molecule has 5 heteroatoms. The van der Waals surface area contributed by atoms with E-state index in [0.717, 1.165) is 30.7 Å². The van der Waals surface area contributed by atoms with Gasteiger partial charge in [-0.15, -0.1) is 0 Å². The van der Waals surface area contributed by atoms with Crippen LogP contribution in [0.15, 0.2) is 6.07 Å². The Morgan fingerprint density at radius 1 is 1.57 bits per heavy atom. The molecule has 0 aliphatic heterocycles. The quantitative estimate of drug-likeness (QED) is 0.848. The van der Waals surface area contributed by atoms with Crippen molar-refractivity contribution in [1.29, 1.82) is 0 Å². The third-order valence-electron chi connectivity index (χ3n) is 4.11. The predicted octanol–water partition coefficient (Wildman–Crippen LogP) is 2.52. The van der Waals surface area contributed by atoms with Crippen molar-refractivity contribution < 1.29 is 9.53 Å². The molecule has 1 aliphatic carbocycles. The Kier molecular flexibility index (Phi) is 4.71. The summed E-state index contributed by atoms with van der Waals surface area (Å²) in [5, 5.41) is 8.03. The first-order valence-electron chi connectivity index (χ1n) is 7.85. The fraction of sp³-hybridized carbons (Fsp3) is 0.750. The number of hydrogen-bond donors (Lipinski definition) is 1. The monoisotopic (exact) mass is 293 g/mol. The van der Waals surface area contributed by atoms with Gasteiger partial charge in [-0.05, 0) is 59.9 Å². The highest BCUT2D eigenvalue weighted by Crippen LogP contribution is 2.39. The van der Waals surface area contributed by atoms with Gasteiger partial charge in [0.05, 0.1) is 18.3 Å². The molecule has 5 nitrogen and oxygen atoms in total. The van der Waals surface area contributed by atoms with Crippen molar-refractivity contribution in [1.82, 2.24) is 15.1 Å². The summed E-state index contributed by atoms with van der Waals surface area (Å²) in [6.07, 6.45) is 2.49. The number of esters is 1. The Hall–Kier alpha value is -1.36. The second kappa shape index (κ2) is 6.18. The summed E-state index contributed by atoms with van der Waals surface area (Å²) >= 11 is 0. The first-order valence-corrected chi connectivity index (χ1v) is 7.85. The van der Waals surface area contributed by atoms with Crippen molar-refractivity contribution in [2.24, 2.45) is 0 Å². The van der Waals surface area contributed by atoms with E-state index in [1.807, 2.05) is 13.8 Å². The molecule has 0 spiro atoms. The zero-order valence-corrected chi connectivity index (χ0v) is 13.8. The molecule has 118 valence electrons. The smallest absolute Gasteiger partial charge is 0.326 e. The maximum Gasteiger partial charge on any atom is 0.326 e. The van der Waals surface area contributed by atoms with E-state index in [2.05, 4.69) is 41.9 Å². The molecule has 0 amide bonds. The largest absolute Gasteiger partial charge is 0.465 e. The Labute approximate surface area is 127 Å². The van der Waals surface area contributed by atoms with Crippen LogP contribution >= 0.6 is 0 Å². The van der Waals surface area contributed by atoms with Gasteiger partial charge >= 0.3 is 5.97 Å². The highest BCUT2D eigenvalue weighted by Gasteiger charge is 2.47. The van der Waals surface area contributed by atoms with Gasteiger partial charge in [0, 0.05) is 11.7 Å². The number of carbonyl (C=O) groups is 1. The molecule has 1 heterocycles. The summed E-state index contributed by atoms with van der Waals surface area (Å²) in [6, 6.07) is 2.59. The zero-order chi connectivity index (χ0) is 15.6. The van der Waals surface area contributed by atoms with Gasteiger partial charge < -0.3 is 4.74 Å². The Balaban J connectivity index is 2.21. The molecule has 1 aromatic heterocycles. The fourth-order valence-electron chi connectivity index (χ4n) is 3.44. The molecule has 0 saturated heterocycles. The van der Waals surface area contributed by atoms with Gasteiger partial charge in [-0.3, -0.25) is 14.8 Å². The third-order valence-corrected chi connectivity index (χ3v) is 4.11. The lowest BCUT2D eigenvalue weighted by Crippen LogP contribution is -2.53. The van der Waals surface area contributed by atoms with Crippen LogP contribution in [0.2, 0.25) is 0 Å². The lowest BCUT2D eigenvalue weighted by molar-refractivity contribution is -0.151. The number of nitrogens with zero attached hydrogens (tertiary/aromatic N) is 2. The second-order valence-corrected chi connectivity index (χ2v) is 6.37. The Bertz CT molecular complexity index is 510. The van der Waals surface area contributed by atoms with E-state index in [9.17, 15) is 4.79 Å². The van der Waals surface area contributed by atoms with Crippen LogP contribution in [0.25, 0.3) is 0 Å². The van der Waals surface area contributed by atoms with E-state index in [0.29, 0.717) is 6.61 Å². The lowest BCUT2D eigenvalue weighted by Gasteiger charge is -2.30. The third kappa shape index (κ3) is 3.28. The Morgan fingerprint density at radius 3 is 2.81 bits per heavy atom. The van der Waals surface area contributed by atoms with Crippen molar-refractivity contribution >= 4 is 5.97 Å². The van der Waals surface area contributed by atoms with Crippen molar-refractivity contribution in [3.8, 4) is 0 Å². The molecular formula is C16H27N3O2. The molecule has 2 rings (SSSR count). The summed E-state index contributed by atoms with van der Waals surface area (Å²) in [6.45, 7) is 10.5. The average Bonchev–Trinajstić information content (AvgIpc) is 2.93. The number of ether oxygens (including phenoxy) is 1. The van der Waals surface area contributed by atoms with Crippen molar-refractivity contribution in [2.45, 2.75) is 71.5 Å². The number of aryl methyl sites for hydroxylation is 2. The summed E-state index contributed by atoms with van der Waals surface area (Å²) in [5.74, 6) is -0.122. The maximum atomic E-state index is 12.5. The first kappa shape index (κ1) is 16.0.